The topological polar surface area (TPSA) is 78.4 Å². The van der Waals surface area contributed by atoms with E-state index in [4.69, 9.17) is 11.6 Å². The molecule has 1 aliphatic carbocycles. The number of halogens is 1. The van der Waals surface area contributed by atoms with Gasteiger partial charge in [-0.05, 0) is 49.3 Å². The van der Waals surface area contributed by atoms with E-state index in [9.17, 15) is 13.5 Å². The van der Waals surface area contributed by atoms with Gasteiger partial charge in [0, 0.05) is 18.6 Å². The molecule has 1 unspecified atom stereocenters. The summed E-state index contributed by atoms with van der Waals surface area (Å²) < 4.78 is 28.3. The number of thiophene rings is 1. The van der Waals surface area contributed by atoms with E-state index in [0.717, 1.165) is 43.6 Å². The first-order chi connectivity index (χ1) is 13.0. The average Bonchev–Trinajstić information content (AvgIpc) is 3.13. The van der Waals surface area contributed by atoms with Crippen molar-refractivity contribution in [1.29, 1.82) is 0 Å². The summed E-state index contributed by atoms with van der Waals surface area (Å²) in [6, 6.07) is 13.3. The van der Waals surface area contributed by atoms with Gasteiger partial charge in [-0.3, -0.25) is 0 Å². The molecule has 1 heterocycles. The fourth-order valence-electron chi connectivity index (χ4n) is 3.57. The zero-order valence-corrected chi connectivity index (χ0v) is 17.4. The standard InChI is InChI=1S/C19H25ClN2O3S2/c20-18-10-11-19(26-18)27(24,25)22-17(13-23)15-6-8-16(9-7-15)21-12-14-4-2-1-3-5-14/h1-5,10-11,15-17,21-23H,6-9,12-13H2. The van der Waals surface area contributed by atoms with Gasteiger partial charge in [0.05, 0.1) is 10.9 Å². The second kappa shape index (κ2) is 9.49. The highest BCUT2D eigenvalue weighted by Gasteiger charge is 2.31. The van der Waals surface area contributed by atoms with E-state index in [1.807, 2.05) is 18.2 Å². The first kappa shape index (κ1) is 20.8. The normalized spacial score (nSPS) is 21.9. The van der Waals surface area contributed by atoms with E-state index in [-0.39, 0.29) is 16.7 Å². The van der Waals surface area contributed by atoms with Crippen molar-refractivity contribution in [2.45, 2.75) is 48.5 Å². The van der Waals surface area contributed by atoms with Gasteiger partial charge in [-0.2, -0.15) is 0 Å². The van der Waals surface area contributed by atoms with Crippen LogP contribution in [0.3, 0.4) is 0 Å². The molecule has 3 rings (SSSR count). The van der Waals surface area contributed by atoms with Crippen LogP contribution in [0, 0.1) is 5.92 Å². The zero-order chi connectivity index (χ0) is 19.3. The second-order valence-electron chi connectivity index (χ2n) is 6.95. The van der Waals surface area contributed by atoms with Crippen LogP contribution in [0.1, 0.15) is 31.2 Å². The zero-order valence-electron chi connectivity index (χ0n) is 15.0. The highest BCUT2D eigenvalue weighted by Crippen LogP contribution is 2.30. The highest BCUT2D eigenvalue weighted by molar-refractivity contribution is 7.91. The van der Waals surface area contributed by atoms with E-state index < -0.39 is 16.1 Å². The molecule has 148 valence electrons. The number of nitrogens with one attached hydrogen (secondary N) is 2. The number of hydrogen-bond donors (Lipinski definition) is 3. The molecule has 0 saturated heterocycles. The Balaban J connectivity index is 1.51. The SMILES string of the molecule is O=S(=O)(NC(CO)C1CCC(NCc2ccccc2)CC1)c1ccc(Cl)s1. The average molecular weight is 429 g/mol. The summed E-state index contributed by atoms with van der Waals surface area (Å²) in [7, 11) is -3.65. The lowest BCUT2D eigenvalue weighted by molar-refractivity contribution is 0.175. The van der Waals surface area contributed by atoms with E-state index in [2.05, 4.69) is 22.2 Å². The fourth-order valence-corrected chi connectivity index (χ4v) is 6.36. The highest BCUT2D eigenvalue weighted by atomic mass is 35.5. The first-order valence-electron chi connectivity index (χ1n) is 9.14. The van der Waals surface area contributed by atoms with Crippen molar-refractivity contribution in [2.24, 2.45) is 5.92 Å². The Bertz CT molecular complexity index is 818. The molecule has 1 aromatic heterocycles. The van der Waals surface area contributed by atoms with Gasteiger partial charge in [0.25, 0.3) is 0 Å². The Morgan fingerprint density at radius 3 is 2.41 bits per heavy atom. The maximum Gasteiger partial charge on any atom is 0.250 e. The molecule has 1 fully saturated rings. The Morgan fingerprint density at radius 1 is 1.11 bits per heavy atom. The number of hydrogen-bond acceptors (Lipinski definition) is 5. The minimum atomic E-state index is -3.65. The largest absolute Gasteiger partial charge is 0.395 e. The Morgan fingerprint density at radius 2 is 1.81 bits per heavy atom. The summed E-state index contributed by atoms with van der Waals surface area (Å²) in [5, 5.41) is 13.3. The number of sulfonamides is 1. The minimum Gasteiger partial charge on any atom is -0.395 e. The molecular weight excluding hydrogens is 404 g/mol. The predicted molar refractivity (Wildman–Crippen MR) is 110 cm³/mol. The van der Waals surface area contributed by atoms with Gasteiger partial charge in [0.15, 0.2) is 0 Å². The number of benzene rings is 1. The molecule has 0 amide bonds. The number of rotatable bonds is 8. The van der Waals surface area contributed by atoms with Crippen LogP contribution in [-0.2, 0) is 16.6 Å². The molecule has 1 atom stereocenters. The summed E-state index contributed by atoms with van der Waals surface area (Å²) in [5.74, 6) is 0.134. The summed E-state index contributed by atoms with van der Waals surface area (Å²) in [6.45, 7) is 0.635. The van der Waals surface area contributed by atoms with Crippen molar-refractivity contribution in [3.8, 4) is 0 Å². The lowest BCUT2D eigenvalue weighted by Gasteiger charge is -2.33. The van der Waals surface area contributed by atoms with Crippen LogP contribution in [0.2, 0.25) is 4.34 Å². The molecule has 1 aromatic carbocycles. The van der Waals surface area contributed by atoms with Crippen LogP contribution in [0.5, 0.6) is 0 Å². The van der Waals surface area contributed by atoms with Crippen molar-refractivity contribution >= 4 is 33.0 Å². The van der Waals surface area contributed by atoms with Crippen LogP contribution in [0.25, 0.3) is 0 Å². The molecular formula is C19H25ClN2O3S2. The van der Waals surface area contributed by atoms with E-state index in [1.54, 1.807) is 6.07 Å². The minimum absolute atomic E-state index is 0.134. The van der Waals surface area contributed by atoms with Gasteiger partial charge < -0.3 is 10.4 Å². The van der Waals surface area contributed by atoms with Crippen molar-refractivity contribution in [3.05, 3.63) is 52.4 Å². The van der Waals surface area contributed by atoms with Crippen LogP contribution in [-0.4, -0.2) is 32.2 Å². The van der Waals surface area contributed by atoms with Gasteiger partial charge >= 0.3 is 0 Å². The quantitative estimate of drug-likeness (QED) is 0.602. The van der Waals surface area contributed by atoms with Gasteiger partial charge in [0.2, 0.25) is 10.0 Å². The van der Waals surface area contributed by atoms with Crippen LogP contribution >= 0.6 is 22.9 Å². The van der Waals surface area contributed by atoms with Crippen molar-refractivity contribution < 1.29 is 13.5 Å². The molecule has 5 nitrogen and oxygen atoms in total. The van der Waals surface area contributed by atoms with Gasteiger partial charge in [-0.15, -0.1) is 11.3 Å². The van der Waals surface area contributed by atoms with Crippen molar-refractivity contribution in [1.82, 2.24) is 10.0 Å². The molecule has 0 aliphatic heterocycles. The third kappa shape index (κ3) is 5.76. The predicted octanol–water partition coefficient (Wildman–Crippen LogP) is 3.39. The third-order valence-corrected chi connectivity index (χ3v) is 8.31. The third-order valence-electron chi connectivity index (χ3n) is 5.10. The summed E-state index contributed by atoms with van der Waals surface area (Å²) >= 11 is 6.87. The smallest absolute Gasteiger partial charge is 0.250 e. The fraction of sp³-hybridized carbons (Fsp3) is 0.474. The molecule has 1 aliphatic rings. The summed E-state index contributed by atoms with van der Waals surface area (Å²) in [6.07, 6.45) is 3.71. The summed E-state index contributed by atoms with van der Waals surface area (Å²) in [4.78, 5) is 0. The van der Waals surface area contributed by atoms with E-state index >= 15 is 0 Å². The van der Waals surface area contributed by atoms with E-state index in [0.29, 0.717) is 10.4 Å². The van der Waals surface area contributed by atoms with E-state index in [1.165, 1.54) is 11.6 Å². The van der Waals surface area contributed by atoms with Crippen LogP contribution in [0.4, 0.5) is 0 Å². The Labute approximate surface area is 169 Å². The molecule has 8 heteroatoms. The number of aliphatic hydroxyl groups is 1. The molecule has 0 spiro atoms. The first-order valence-corrected chi connectivity index (χ1v) is 11.8. The Hall–Kier alpha value is -0.960. The summed E-state index contributed by atoms with van der Waals surface area (Å²) in [5.41, 5.74) is 1.26. The van der Waals surface area contributed by atoms with Crippen LogP contribution < -0.4 is 10.0 Å². The molecule has 1 saturated carbocycles. The van der Waals surface area contributed by atoms with Crippen molar-refractivity contribution in [3.63, 3.8) is 0 Å². The molecule has 3 N–H and O–H groups in total. The van der Waals surface area contributed by atoms with Crippen LogP contribution in [0.15, 0.2) is 46.7 Å². The maximum absolute atomic E-state index is 12.5. The van der Waals surface area contributed by atoms with Crippen molar-refractivity contribution in [2.75, 3.05) is 6.61 Å². The number of aliphatic hydroxyl groups excluding tert-OH is 1. The lowest BCUT2D eigenvalue weighted by atomic mass is 9.82. The maximum atomic E-state index is 12.5. The molecule has 27 heavy (non-hydrogen) atoms. The Kier molecular flexibility index (Phi) is 7.30. The second-order valence-corrected chi connectivity index (χ2v) is 10.6. The molecule has 2 aromatic rings. The van der Waals surface area contributed by atoms with Gasteiger partial charge in [-0.1, -0.05) is 41.9 Å². The molecule has 0 bridgehead atoms. The monoisotopic (exact) mass is 428 g/mol. The lowest BCUT2D eigenvalue weighted by Crippen LogP contribution is -2.45. The van der Waals surface area contributed by atoms with Gasteiger partial charge in [0.1, 0.15) is 4.21 Å². The molecule has 0 radical (unpaired) electrons. The van der Waals surface area contributed by atoms with Gasteiger partial charge in [-0.25, -0.2) is 13.1 Å².